The predicted molar refractivity (Wildman–Crippen MR) is 116 cm³/mol. The number of halogens is 1. The van der Waals surface area contributed by atoms with Crippen LogP contribution in [-0.4, -0.2) is 36.7 Å². The van der Waals surface area contributed by atoms with E-state index in [4.69, 9.17) is 15.2 Å². The van der Waals surface area contributed by atoms with Gasteiger partial charge in [-0.05, 0) is 80.5 Å². The highest BCUT2D eigenvalue weighted by Gasteiger charge is 2.57. The molecule has 1 atom stereocenters. The number of carbonyl (C=O) groups excluding carboxylic acids is 1. The van der Waals surface area contributed by atoms with E-state index in [0.29, 0.717) is 17.8 Å². The Bertz CT molecular complexity index is 1150. The van der Waals surface area contributed by atoms with Gasteiger partial charge in [-0.25, -0.2) is 12.8 Å². The highest BCUT2D eigenvalue weighted by atomic mass is 32.2. The zero-order chi connectivity index (χ0) is 23.4. The Hall–Kier alpha value is -2.75. The topological polar surface area (TPSA) is 121 Å². The summed E-state index contributed by atoms with van der Waals surface area (Å²) in [5.74, 6) is 0.738. The number of carbonyl (C=O) groups is 1. The molecule has 0 saturated heterocycles. The second-order valence-electron chi connectivity index (χ2n) is 9.84. The van der Waals surface area contributed by atoms with E-state index in [0.717, 1.165) is 25.5 Å². The van der Waals surface area contributed by atoms with Gasteiger partial charge in [-0.15, -0.1) is 0 Å². The summed E-state index contributed by atoms with van der Waals surface area (Å²) < 4.78 is 49.3. The van der Waals surface area contributed by atoms with E-state index in [1.54, 1.807) is 0 Å². The Labute approximate surface area is 191 Å². The van der Waals surface area contributed by atoms with Gasteiger partial charge in [0.05, 0.1) is 6.07 Å². The summed E-state index contributed by atoms with van der Waals surface area (Å²) in [5, 5.41) is -0.495. The van der Waals surface area contributed by atoms with Crippen LogP contribution in [0, 0.1) is 29.0 Å². The van der Waals surface area contributed by atoms with Crippen LogP contribution in [0.5, 0.6) is 17.5 Å². The minimum Gasteiger partial charge on any atom is -0.463 e. The molecule has 4 aliphatic rings. The molecular formula is C23H26FN3O5S. The van der Waals surface area contributed by atoms with Crippen LogP contribution in [0.4, 0.5) is 4.39 Å². The van der Waals surface area contributed by atoms with Gasteiger partial charge in [-0.3, -0.25) is 4.79 Å². The average molecular weight is 476 g/mol. The number of hydrogen-bond acceptors (Lipinski definition) is 7. The lowest BCUT2D eigenvalue weighted by Gasteiger charge is -2.58. The molecule has 33 heavy (non-hydrogen) atoms. The third kappa shape index (κ3) is 4.40. The normalized spacial score (nSPS) is 29.0. The van der Waals surface area contributed by atoms with E-state index in [-0.39, 0.29) is 22.9 Å². The van der Waals surface area contributed by atoms with Gasteiger partial charge < -0.3 is 15.2 Å². The molecule has 1 aromatic carbocycles. The molecule has 1 unspecified atom stereocenters. The molecule has 4 saturated carbocycles. The second kappa shape index (κ2) is 7.93. The number of nitrogens with zero attached hydrogens (tertiary/aromatic N) is 2. The molecule has 176 valence electrons. The standard InChI is InChI=1S/C23H26FN3O5S/c1-33(29,30)22-26-18(31-17-4-2-16(24)3-5-17)9-19(27-22)32-20(21(25)28)23-10-13-6-14(11-23)8-15(7-13)12-23/h2-5,9,13-15,20H,6-8,10-12H2,1H3,(H2,25,28). The number of hydrogen-bond donors (Lipinski definition) is 1. The highest BCUT2D eigenvalue weighted by Crippen LogP contribution is 2.61. The quantitative estimate of drug-likeness (QED) is 0.610. The van der Waals surface area contributed by atoms with Crippen molar-refractivity contribution in [2.24, 2.45) is 28.9 Å². The van der Waals surface area contributed by atoms with Crippen molar-refractivity contribution in [2.45, 2.75) is 49.8 Å². The van der Waals surface area contributed by atoms with Crippen molar-refractivity contribution >= 4 is 15.7 Å². The van der Waals surface area contributed by atoms with Gasteiger partial charge in [-0.1, -0.05) is 0 Å². The number of aromatic nitrogens is 2. The van der Waals surface area contributed by atoms with Gasteiger partial charge in [0.15, 0.2) is 6.10 Å². The summed E-state index contributed by atoms with van der Waals surface area (Å²) in [5.41, 5.74) is 5.45. The Kier molecular flexibility index (Phi) is 5.30. The molecule has 1 heterocycles. The first kappa shape index (κ1) is 22.1. The molecule has 4 bridgehead atoms. The van der Waals surface area contributed by atoms with Crippen LogP contribution in [0.1, 0.15) is 38.5 Å². The molecule has 2 N–H and O–H groups in total. The lowest BCUT2D eigenvalue weighted by Crippen LogP contribution is -2.57. The molecule has 6 rings (SSSR count). The molecule has 0 radical (unpaired) electrons. The second-order valence-corrected chi connectivity index (χ2v) is 11.7. The lowest BCUT2D eigenvalue weighted by molar-refractivity contribution is -0.148. The van der Waals surface area contributed by atoms with Crippen molar-refractivity contribution in [2.75, 3.05) is 6.26 Å². The highest BCUT2D eigenvalue weighted by molar-refractivity contribution is 7.90. The summed E-state index contributed by atoms with van der Waals surface area (Å²) >= 11 is 0. The first-order chi connectivity index (χ1) is 15.6. The molecule has 1 amide bonds. The summed E-state index contributed by atoms with van der Waals surface area (Å²) in [7, 11) is -3.81. The van der Waals surface area contributed by atoms with E-state index in [1.807, 2.05) is 0 Å². The van der Waals surface area contributed by atoms with Crippen LogP contribution in [-0.2, 0) is 14.6 Å². The van der Waals surface area contributed by atoms with Gasteiger partial charge >= 0.3 is 0 Å². The van der Waals surface area contributed by atoms with Gasteiger partial charge in [-0.2, -0.15) is 9.97 Å². The van der Waals surface area contributed by atoms with E-state index in [1.165, 1.54) is 49.6 Å². The molecule has 1 aromatic heterocycles. The van der Waals surface area contributed by atoms with Crippen molar-refractivity contribution in [3.8, 4) is 17.5 Å². The maximum absolute atomic E-state index is 13.2. The summed E-state index contributed by atoms with van der Waals surface area (Å²) in [4.78, 5) is 20.6. The third-order valence-electron chi connectivity index (χ3n) is 7.17. The largest absolute Gasteiger partial charge is 0.463 e. The molecule has 4 fully saturated rings. The van der Waals surface area contributed by atoms with E-state index in [2.05, 4.69) is 9.97 Å². The minimum atomic E-state index is -3.81. The summed E-state index contributed by atoms with van der Waals surface area (Å²) in [6, 6.07) is 6.52. The predicted octanol–water partition coefficient (Wildman–Crippen LogP) is 3.26. The molecule has 0 spiro atoms. The third-order valence-corrected chi connectivity index (χ3v) is 8.01. The van der Waals surface area contributed by atoms with Gasteiger partial charge in [0.2, 0.25) is 21.6 Å². The van der Waals surface area contributed by atoms with Crippen LogP contribution < -0.4 is 15.2 Å². The number of primary amides is 1. The van der Waals surface area contributed by atoms with Crippen molar-refractivity contribution in [1.29, 1.82) is 0 Å². The Balaban J connectivity index is 1.48. The van der Waals surface area contributed by atoms with Crippen LogP contribution in [0.25, 0.3) is 0 Å². The maximum Gasteiger partial charge on any atom is 0.259 e. The molecule has 8 nitrogen and oxygen atoms in total. The minimum absolute atomic E-state index is 0.0953. The fourth-order valence-electron chi connectivity index (χ4n) is 6.39. The number of sulfone groups is 1. The summed E-state index contributed by atoms with van der Waals surface area (Å²) in [6.45, 7) is 0. The first-order valence-corrected chi connectivity index (χ1v) is 13.0. The van der Waals surface area contributed by atoms with E-state index in [9.17, 15) is 17.6 Å². The van der Waals surface area contributed by atoms with Gasteiger partial charge in [0, 0.05) is 11.7 Å². The molecular weight excluding hydrogens is 449 g/mol. The molecule has 4 aliphatic carbocycles. The van der Waals surface area contributed by atoms with Gasteiger partial charge in [0.1, 0.15) is 11.6 Å². The van der Waals surface area contributed by atoms with Gasteiger partial charge in [0.25, 0.3) is 11.1 Å². The van der Waals surface area contributed by atoms with Crippen molar-refractivity contribution in [3.63, 3.8) is 0 Å². The number of nitrogens with two attached hydrogens (primary N) is 1. The van der Waals surface area contributed by atoms with Crippen molar-refractivity contribution in [3.05, 3.63) is 36.1 Å². The average Bonchev–Trinajstić information content (AvgIpc) is 2.72. The lowest BCUT2D eigenvalue weighted by atomic mass is 9.48. The molecule has 0 aliphatic heterocycles. The Morgan fingerprint density at radius 2 is 1.61 bits per heavy atom. The van der Waals surface area contributed by atoms with Crippen LogP contribution in [0.2, 0.25) is 0 Å². The monoisotopic (exact) mass is 475 g/mol. The number of amides is 1. The number of rotatable bonds is 7. The smallest absolute Gasteiger partial charge is 0.259 e. The first-order valence-electron chi connectivity index (χ1n) is 11.1. The summed E-state index contributed by atoms with van der Waals surface area (Å²) in [6.07, 6.45) is 6.22. The van der Waals surface area contributed by atoms with Crippen LogP contribution >= 0.6 is 0 Å². The maximum atomic E-state index is 13.2. The fraction of sp³-hybridized carbons (Fsp3) is 0.522. The number of ether oxygens (including phenoxy) is 2. The fourth-order valence-corrected chi connectivity index (χ4v) is 6.90. The van der Waals surface area contributed by atoms with Crippen molar-refractivity contribution < 1.29 is 27.1 Å². The SMILES string of the molecule is CS(=O)(=O)c1nc(Oc2ccc(F)cc2)cc(OC(C(N)=O)C23CC4CC(CC(C4)C2)C3)n1. The zero-order valence-corrected chi connectivity index (χ0v) is 19.1. The van der Waals surface area contributed by atoms with Crippen LogP contribution in [0.15, 0.2) is 35.5 Å². The molecule has 2 aromatic rings. The Morgan fingerprint density at radius 1 is 1.06 bits per heavy atom. The zero-order valence-electron chi connectivity index (χ0n) is 18.2. The van der Waals surface area contributed by atoms with E-state index < -0.39 is 32.8 Å². The molecule has 10 heteroatoms. The Morgan fingerprint density at radius 3 is 2.12 bits per heavy atom. The van der Waals surface area contributed by atoms with E-state index >= 15 is 0 Å². The number of benzene rings is 1. The van der Waals surface area contributed by atoms with Crippen molar-refractivity contribution in [1.82, 2.24) is 9.97 Å². The van der Waals surface area contributed by atoms with Crippen LogP contribution in [0.3, 0.4) is 0 Å².